The van der Waals surface area contributed by atoms with Crippen LogP contribution in [-0.2, 0) is 47.6 Å². The Morgan fingerprint density at radius 1 is 0.541 bits per heavy atom. The molecule has 0 aromatic carbocycles. The maximum atomic E-state index is 12.2. The van der Waals surface area contributed by atoms with Crippen LogP contribution in [0.4, 0.5) is 9.59 Å². The Morgan fingerprint density at radius 3 is 1.00 bits per heavy atom. The van der Waals surface area contributed by atoms with Crippen molar-refractivity contribution < 1.29 is 57.2 Å². The molecule has 0 rings (SSSR count). The third-order valence-electron chi connectivity index (χ3n) is 3.99. The molecule has 0 saturated heterocycles. The number of carbonyl (C=O) groups is 6. The topological polar surface area (TPSA) is 182 Å². The first kappa shape index (κ1) is 32.4. The second-order valence-corrected chi connectivity index (χ2v) is 7.60. The first-order valence-electron chi connectivity index (χ1n) is 10.4. The standard InChI is InChI=1S/C23H30N2O12/c1-7-16(26)32-11-22(5,12-33-17(27)8-2)24-20(30)36-15-37-21(31)25-23(6,13-34-18(28)9-3)14-35-19(29)10-4/h7-10H,1-4,11-15H2,5-6H3,(H,24,30)(H,25,31). The fraction of sp³-hybridized carbons (Fsp3) is 0.391. The predicted octanol–water partition coefficient (Wildman–Crippen LogP) is 0.831. The first-order chi connectivity index (χ1) is 17.3. The first-order valence-corrected chi connectivity index (χ1v) is 10.4. The van der Waals surface area contributed by atoms with Crippen molar-refractivity contribution >= 4 is 36.1 Å². The normalized spacial score (nSPS) is 10.4. The van der Waals surface area contributed by atoms with Crippen molar-refractivity contribution in [1.29, 1.82) is 0 Å². The molecule has 0 aliphatic carbocycles. The monoisotopic (exact) mass is 526 g/mol. The number of rotatable bonds is 16. The molecule has 2 N–H and O–H groups in total. The van der Waals surface area contributed by atoms with Gasteiger partial charge in [-0.1, -0.05) is 26.3 Å². The van der Waals surface area contributed by atoms with Gasteiger partial charge in [0.25, 0.3) is 0 Å². The number of amides is 2. The molecule has 0 bridgehead atoms. The Morgan fingerprint density at radius 2 is 0.784 bits per heavy atom. The average Bonchev–Trinajstić information content (AvgIpc) is 2.87. The summed E-state index contributed by atoms with van der Waals surface area (Å²) in [5, 5.41) is 4.65. The zero-order valence-electron chi connectivity index (χ0n) is 20.6. The van der Waals surface area contributed by atoms with Crippen molar-refractivity contribution in [1.82, 2.24) is 10.6 Å². The molecule has 14 nitrogen and oxygen atoms in total. The summed E-state index contributed by atoms with van der Waals surface area (Å²) >= 11 is 0. The van der Waals surface area contributed by atoms with Gasteiger partial charge < -0.3 is 39.1 Å². The summed E-state index contributed by atoms with van der Waals surface area (Å²) in [7, 11) is 0. The van der Waals surface area contributed by atoms with Gasteiger partial charge in [-0.3, -0.25) is 0 Å². The van der Waals surface area contributed by atoms with Crippen molar-refractivity contribution in [2.45, 2.75) is 24.9 Å². The molecule has 37 heavy (non-hydrogen) atoms. The zero-order chi connectivity index (χ0) is 28.5. The number of nitrogens with one attached hydrogen (secondary N) is 2. The molecule has 14 heteroatoms. The molecule has 0 saturated carbocycles. The molecule has 0 atom stereocenters. The Balaban J connectivity index is 5.00. The highest BCUT2D eigenvalue weighted by atomic mass is 16.7. The molecule has 2 amide bonds. The van der Waals surface area contributed by atoms with Crippen LogP contribution in [0.3, 0.4) is 0 Å². The molecular weight excluding hydrogens is 496 g/mol. The molecule has 0 aromatic heterocycles. The molecular formula is C23H30N2O12. The summed E-state index contributed by atoms with van der Waals surface area (Å²) in [6.45, 7) is 13.1. The third-order valence-corrected chi connectivity index (χ3v) is 3.99. The minimum absolute atomic E-state index is 0.427. The van der Waals surface area contributed by atoms with E-state index in [1.54, 1.807) is 0 Å². The van der Waals surface area contributed by atoms with Crippen molar-refractivity contribution in [3.63, 3.8) is 0 Å². The maximum Gasteiger partial charge on any atom is 0.410 e. The number of esters is 4. The molecule has 0 aliphatic rings. The molecule has 0 aliphatic heterocycles. The van der Waals surface area contributed by atoms with Gasteiger partial charge >= 0.3 is 36.1 Å². The van der Waals surface area contributed by atoms with Gasteiger partial charge in [-0.15, -0.1) is 0 Å². The molecule has 0 fully saturated rings. The second kappa shape index (κ2) is 16.1. The van der Waals surface area contributed by atoms with Gasteiger partial charge in [0, 0.05) is 24.3 Å². The number of ether oxygens (including phenoxy) is 6. The minimum Gasteiger partial charge on any atom is -0.460 e. The highest BCUT2D eigenvalue weighted by Gasteiger charge is 2.32. The number of carbonyl (C=O) groups excluding carboxylic acids is 6. The van der Waals surface area contributed by atoms with E-state index >= 15 is 0 Å². The molecule has 204 valence electrons. The molecule has 0 radical (unpaired) electrons. The Labute approximate surface area is 213 Å². The molecule has 0 unspecified atom stereocenters. The highest BCUT2D eigenvalue weighted by Crippen LogP contribution is 2.09. The van der Waals surface area contributed by atoms with E-state index in [2.05, 4.69) is 36.9 Å². The molecule has 0 aromatic rings. The predicted molar refractivity (Wildman–Crippen MR) is 126 cm³/mol. The van der Waals surface area contributed by atoms with E-state index in [9.17, 15) is 28.8 Å². The van der Waals surface area contributed by atoms with Gasteiger partial charge in [0.2, 0.25) is 6.79 Å². The Bertz CT molecular complexity index is 791. The summed E-state index contributed by atoms with van der Waals surface area (Å²) in [4.78, 5) is 69.8. The van der Waals surface area contributed by atoms with Crippen LogP contribution in [0.5, 0.6) is 0 Å². The average molecular weight is 526 g/mol. The quantitative estimate of drug-likeness (QED) is 0.125. The summed E-state index contributed by atoms with van der Waals surface area (Å²) in [6, 6.07) is 0. The van der Waals surface area contributed by atoms with Crippen LogP contribution in [0.25, 0.3) is 0 Å². The summed E-state index contributed by atoms with van der Waals surface area (Å²) in [5.74, 6) is -3.18. The van der Waals surface area contributed by atoms with Crippen molar-refractivity contribution in [2.24, 2.45) is 0 Å². The van der Waals surface area contributed by atoms with Gasteiger partial charge in [0.1, 0.15) is 37.5 Å². The van der Waals surface area contributed by atoms with Crippen molar-refractivity contribution in [3.05, 3.63) is 50.6 Å². The van der Waals surface area contributed by atoms with E-state index in [0.29, 0.717) is 0 Å². The van der Waals surface area contributed by atoms with Crippen LogP contribution in [0, 0.1) is 0 Å². The lowest BCUT2D eigenvalue weighted by molar-refractivity contribution is -0.145. The Hall–Kier alpha value is -4.62. The van der Waals surface area contributed by atoms with Gasteiger partial charge in [-0.25, -0.2) is 28.8 Å². The van der Waals surface area contributed by atoms with Crippen LogP contribution in [0.15, 0.2) is 50.6 Å². The van der Waals surface area contributed by atoms with E-state index in [-0.39, 0.29) is 0 Å². The zero-order valence-corrected chi connectivity index (χ0v) is 20.6. The maximum absolute atomic E-state index is 12.2. The van der Waals surface area contributed by atoms with E-state index in [0.717, 1.165) is 24.3 Å². The van der Waals surface area contributed by atoms with Crippen LogP contribution >= 0.6 is 0 Å². The SMILES string of the molecule is C=CC(=O)OCC(C)(COC(=O)C=C)NC(=O)OCOC(=O)NC(C)(COC(=O)C=C)COC(=O)C=C. The van der Waals surface area contributed by atoms with Gasteiger partial charge in [-0.05, 0) is 13.8 Å². The summed E-state index contributed by atoms with van der Waals surface area (Å²) in [6.07, 6.45) is 1.33. The summed E-state index contributed by atoms with van der Waals surface area (Å²) < 4.78 is 29.1. The third kappa shape index (κ3) is 14.4. The van der Waals surface area contributed by atoms with E-state index in [4.69, 9.17) is 28.4 Å². The van der Waals surface area contributed by atoms with E-state index in [1.807, 2.05) is 0 Å². The largest absolute Gasteiger partial charge is 0.460 e. The molecule has 0 spiro atoms. The van der Waals surface area contributed by atoms with Crippen molar-refractivity contribution in [2.75, 3.05) is 33.2 Å². The fourth-order valence-corrected chi connectivity index (χ4v) is 2.09. The lowest BCUT2D eigenvalue weighted by atomic mass is 10.1. The summed E-state index contributed by atoms with van der Waals surface area (Å²) in [5.41, 5.74) is -2.86. The number of hydrogen-bond donors (Lipinski definition) is 2. The van der Waals surface area contributed by atoms with Crippen LogP contribution in [0.2, 0.25) is 0 Å². The van der Waals surface area contributed by atoms with E-state index in [1.165, 1.54) is 13.8 Å². The Kier molecular flexibility index (Phi) is 14.1. The lowest BCUT2D eigenvalue weighted by Gasteiger charge is -2.29. The number of hydrogen-bond acceptors (Lipinski definition) is 12. The van der Waals surface area contributed by atoms with Gasteiger partial charge in [0.05, 0.1) is 0 Å². The van der Waals surface area contributed by atoms with Crippen LogP contribution in [-0.4, -0.2) is 80.4 Å². The minimum atomic E-state index is -1.43. The van der Waals surface area contributed by atoms with Gasteiger partial charge in [0.15, 0.2) is 0 Å². The fourth-order valence-electron chi connectivity index (χ4n) is 2.09. The van der Waals surface area contributed by atoms with E-state index < -0.39 is 80.4 Å². The lowest BCUT2D eigenvalue weighted by Crippen LogP contribution is -2.54. The smallest absolute Gasteiger partial charge is 0.410 e. The van der Waals surface area contributed by atoms with Crippen LogP contribution < -0.4 is 10.6 Å². The number of alkyl carbamates (subject to hydrolysis) is 2. The van der Waals surface area contributed by atoms with Crippen molar-refractivity contribution in [3.8, 4) is 0 Å². The highest BCUT2D eigenvalue weighted by molar-refractivity contribution is 5.82. The molecule has 0 heterocycles. The second-order valence-electron chi connectivity index (χ2n) is 7.60. The van der Waals surface area contributed by atoms with Gasteiger partial charge in [-0.2, -0.15) is 0 Å². The van der Waals surface area contributed by atoms with Crippen LogP contribution in [0.1, 0.15) is 13.8 Å².